The van der Waals surface area contributed by atoms with E-state index in [0.29, 0.717) is 21.3 Å². The highest BCUT2D eigenvalue weighted by molar-refractivity contribution is 7.16. The summed E-state index contributed by atoms with van der Waals surface area (Å²) < 4.78 is 0. The van der Waals surface area contributed by atoms with Crippen LogP contribution in [0.25, 0.3) is 0 Å². The molecule has 2 aromatic rings. The van der Waals surface area contributed by atoms with Crippen LogP contribution >= 0.6 is 11.3 Å². The Hall–Kier alpha value is -1.99. The first-order chi connectivity index (χ1) is 8.60. The molecule has 94 valence electrons. The smallest absolute Gasteiger partial charge is 0.357 e. The van der Waals surface area contributed by atoms with Crippen molar-refractivity contribution in [2.24, 2.45) is 0 Å². The first-order valence-corrected chi connectivity index (χ1v) is 5.94. The molecule has 0 unspecified atom stereocenters. The zero-order valence-corrected chi connectivity index (χ0v) is 10.4. The number of nitrogens with zero attached hydrogens (tertiary/aromatic N) is 2. The van der Waals surface area contributed by atoms with Gasteiger partial charge in [0.05, 0.1) is 23.5 Å². The Kier molecular flexibility index (Phi) is 3.54. The number of thiazole rings is 1. The summed E-state index contributed by atoms with van der Waals surface area (Å²) in [5, 5.41) is 22.1. The maximum absolute atomic E-state index is 11.0. The van der Waals surface area contributed by atoms with Crippen molar-refractivity contribution in [2.45, 2.75) is 13.5 Å². The first-order valence-electron chi connectivity index (χ1n) is 5.12. The largest absolute Gasteiger partial charge is 0.476 e. The number of carboxylic acid groups (broad SMARTS) is 1. The lowest BCUT2D eigenvalue weighted by molar-refractivity contribution is 0.0692. The number of hydrogen-bond donors (Lipinski definition) is 3. The lowest BCUT2D eigenvalue weighted by Gasteiger charge is -2.05. The van der Waals surface area contributed by atoms with Gasteiger partial charge in [0.1, 0.15) is 5.00 Å². The van der Waals surface area contributed by atoms with Gasteiger partial charge in [0.2, 0.25) is 0 Å². The molecule has 18 heavy (non-hydrogen) atoms. The number of carbonyl (C=O) groups is 1. The summed E-state index contributed by atoms with van der Waals surface area (Å²) in [7, 11) is 0. The number of nitrogens with one attached hydrogen (secondary N) is 1. The molecule has 6 nitrogen and oxygen atoms in total. The van der Waals surface area contributed by atoms with Crippen molar-refractivity contribution >= 4 is 28.0 Å². The molecule has 0 aliphatic rings. The van der Waals surface area contributed by atoms with Crippen molar-refractivity contribution in [3.63, 3.8) is 0 Å². The van der Waals surface area contributed by atoms with E-state index in [1.165, 1.54) is 11.3 Å². The fraction of sp³-hybridized carbons (Fsp3) is 0.182. The van der Waals surface area contributed by atoms with Crippen molar-refractivity contribution in [2.75, 3.05) is 5.32 Å². The molecular weight excluding hydrogens is 254 g/mol. The Morgan fingerprint density at radius 1 is 1.50 bits per heavy atom. The summed E-state index contributed by atoms with van der Waals surface area (Å²) in [5.74, 6) is -1.08. The second kappa shape index (κ2) is 5.11. The summed E-state index contributed by atoms with van der Waals surface area (Å²) in [4.78, 5) is 18.9. The van der Waals surface area contributed by atoms with Crippen LogP contribution in [0.3, 0.4) is 0 Å². The molecule has 0 radical (unpaired) electrons. The standard InChI is InChI=1S/C11H11N3O3S/c1-6-13-9(11(16)17)10(18-6)14-8-2-7(5-15)3-12-4-8/h2-4,14-15H,5H2,1H3,(H,16,17). The van der Waals surface area contributed by atoms with Gasteiger partial charge in [-0.1, -0.05) is 0 Å². The van der Waals surface area contributed by atoms with Gasteiger partial charge in [-0.05, 0) is 18.6 Å². The van der Waals surface area contributed by atoms with Crippen molar-refractivity contribution in [3.05, 3.63) is 34.7 Å². The number of aliphatic hydroxyl groups excluding tert-OH is 1. The number of hydrogen-bond acceptors (Lipinski definition) is 6. The quantitative estimate of drug-likeness (QED) is 0.780. The van der Waals surface area contributed by atoms with Crippen molar-refractivity contribution in [3.8, 4) is 0 Å². The molecule has 7 heteroatoms. The zero-order chi connectivity index (χ0) is 13.1. The first kappa shape index (κ1) is 12.5. The normalized spacial score (nSPS) is 10.3. The molecule has 0 aromatic carbocycles. The second-order valence-electron chi connectivity index (χ2n) is 3.58. The number of aliphatic hydroxyl groups is 1. The van der Waals surface area contributed by atoms with Gasteiger partial charge in [0.25, 0.3) is 0 Å². The molecule has 0 amide bonds. The minimum Gasteiger partial charge on any atom is -0.476 e. The fourth-order valence-corrected chi connectivity index (χ4v) is 2.26. The Balaban J connectivity index is 2.30. The monoisotopic (exact) mass is 265 g/mol. The van der Waals surface area contributed by atoms with Crippen LogP contribution in [0, 0.1) is 6.92 Å². The van der Waals surface area contributed by atoms with Crippen LogP contribution < -0.4 is 5.32 Å². The molecule has 0 saturated heterocycles. The van der Waals surface area contributed by atoms with Gasteiger partial charge in [-0.15, -0.1) is 11.3 Å². The summed E-state index contributed by atoms with van der Waals surface area (Å²) in [5.41, 5.74) is 1.26. The van der Waals surface area contributed by atoms with Crippen LogP contribution in [-0.4, -0.2) is 26.2 Å². The van der Waals surface area contributed by atoms with E-state index in [1.807, 2.05) is 0 Å². The maximum atomic E-state index is 11.0. The average molecular weight is 265 g/mol. The highest BCUT2D eigenvalue weighted by Gasteiger charge is 2.16. The van der Waals surface area contributed by atoms with Crippen LogP contribution in [0.1, 0.15) is 21.1 Å². The van der Waals surface area contributed by atoms with E-state index in [4.69, 9.17) is 10.2 Å². The molecule has 2 aromatic heterocycles. The van der Waals surface area contributed by atoms with Gasteiger partial charge in [-0.25, -0.2) is 9.78 Å². The van der Waals surface area contributed by atoms with E-state index >= 15 is 0 Å². The molecule has 0 aliphatic heterocycles. The highest BCUT2D eigenvalue weighted by Crippen LogP contribution is 2.27. The Labute approximate surface area is 107 Å². The molecule has 0 bridgehead atoms. The predicted molar refractivity (Wildman–Crippen MR) is 67.3 cm³/mol. The van der Waals surface area contributed by atoms with E-state index in [2.05, 4.69) is 15.3 Å². The van der Waals surface area contributed by atoms with Crippen LogP contribution in [0.2, 0.25) is 0 Å². The number of pyridine rings is 1. The Morgan fingerprint density at radius 3 is 2.94 bits per heavy atom. The maximum Gasteiger partial charge on any atom is 0.357 e. The number of aryl methyl sites for hydroxylation is 1. The molecular formula is C11H11N3O3S. The van der Waals surface area contributed by atoms with Crippen molar-refractivity contribution < 1.29 is 15.0 Å². The van der Waals surface area contributed by atoms with Crippen LogP contribution in [0.15, 0.2) is 18.5 Å². The number of carboxylic acids is 1. The lowest BCUT2D eigenvalue weighted by atomic mass is 10.3. The average Bonchev–Trinajstić information content (AvgIpc) is 2.70. The molecule has 0 fully saturated rings. The van der Waals surface area contributed by atoms with E-state index in [0.717, 1.165) is 0 Å². The molecule has 2 heterocycles. The molecule has 0 atom stereocenters. The van der Waals surface area contributed by atoms with Gasteiger partial charge >= 0.3 is 5.97 Å². The molecule has 0 spiro atoms. The minimum absolute atomic E-state index is 0.00750. The fourth-order valence-electron chi connectivity index (χ4n) is 1.43. The van der Waals surface area contributed by atoms with Gasteiger partial charge in [-0.2, -0.15) is 0 Å². The summed E-state index contributed by atoms with van der Waals surface area (Å²) in [6, 6.07) is 1.70. The van der Waals surface area contributed by atoms with Crippen LogP contribution in [0.5, 0.6) is 0 Å². The summed E-state index contributed by atoms with van der Waals surface area (Å²) in [6.07, 6.45) is 3.10. The van der Waals surface area contributed by atoms with E-state index < -0.39 is 5.97 Å². The SMILES string of the molecule is Cc1nc(C(=O)O)c(Nc2cncc(CO)c2)s1. The molecule has 0 aliphatic carbocycles. The number of aromatic carboxylic acids is 1. The highest BCUT2D eigenvalue weighted by atomic mass is 32.1. The third kappa shape index (κ3) is 2.63. The van der Waals surface area contributed by atoms with Gasteiger partial charge < -0.3 is 15.5 Å². The van der Waals surface area contributed by atoms with Crippen molar-refractivity contribution in [1.29, 1.82) is 0 Å². The van der Waals surface area contributed by atoms with Crippen molar-refractivity contribution in [1.82, 2.24) is 9.97 Å². The van der Waals surface area contributed by atoms with E-state index in [-0.39, 0.29) is 12.3 Å². The van der Waals surface area contributed by atoms with Gasteiger partial charge in [0.15, 0.2) is 5.69 Å². The van der Waals surface area contributed by atoms with Gasteiger partial charge in [-0.3, -0.25) is 4.98 Å². The minimum atomic E-state index is -1.08. The predicted octanol–water partition coefficient (Wildman–Crippen LogP) is 1.78. The van der Waals surface area contributed by atoms with Gasteiger partial charge in [0, 0.05) is 6.20 Å². The number of aromatic nitrogens is 2. The Morgan fingerprint density at radius 2 is 2.28 bits per heavy atom. The lowest BCUT2D eigenvalue weighted by Crippen LogP contribution is -2.01. The topological polar surface area (TPSA) is 95.3 Å². The zero-order valence-electron chi connectivity index (χ0n) is 9.54. The molecule has 3 N–H and O–H groups in total. The third-order valence-corrected chi connectivity index (χ3v) is 3.06. The number of rotatable bonds is 4. The molecule has 2 rings (SSSR count). The van der Waals surface area contributed by atoms with E-state index in [1.54, 1.807) is 25.4 Å². The van der Waals surface area contributed by atoms with E-state index in [9.17, 15) is 4.79 Å². The van der Waals surface area contributed by atoms with Crippen LogP contribution in [0.4, 0.5) is 10.7 Å². The van der Waals surface area contributed by atoms with Crippen LogP contribution in [-0.2, 0) is 6.61 Å². The molecule has 0 saturated carbocycles. The Bertz CT molecular complexity index is 583. The third-order valence-electron chi connectivity index (χ3n) is 2.17. The number of anilines is 2. The summed E-state index contributed by atoms with van der Waals surface area (Å²) >= 11 is 1.26. The second-order valence-corrected chi connectivity index (χ2v) is 4.78. The summed E-state index contributed by atoms with van der Waals surface area (Å²) in [6.45, 7) is 1.63.